The van der Waals surface area contributed by atoms with Crippen LogP contribution in [0.15, 0.2) is 33.2 Å². The first-order valence-corrected chi connectivity index (χ1v) is 3.71. The van der Waals surface area contributed by atoms with Gasteiger partial charge in [-0.1, -0.05) is 37.9 Å². The van der Waals surface area contributed by atoms with Crippen molar-refractivity contribution >= 4 is 31.9 Å². The summed E-state index contributed by atoms with van der Waals surface area (Å²) in [5, 5.41) is 0. The lowest BCUT2D eigenvalue weighted by Crippen LogP contribution is -1.61. The number of halogens is 2. The monoisotopic (exact) mass is 235 g/mol. The largest absolute Gasteiger partial charge is 0.0647 e. The lowest BCUT2D eigenvalue weighted by Gasteiger charge is -1.87. The zero-order valence-electron chi connectivity index (χ0n) is 4.99. The Kier molecular flexibility index (Phi) is 1.66. The average Bonchev–Trinajstić information content (AvgIpc) is 1.83. The summed E-state index contributed by atoms with van der Waals surface area (Å²) in [6.07, 6.45) is 0. The molecule has 0 N–H and O–H groups in total. The Morgan fingerprint density at radius 3 is 2.12 bits per heavy atom. The fourth-order valence-corrected chi connectivity index (χ4v) is 1.41. The van der Waals surface area contributed by atoms with Gasteiger partial charge in [0.2, 0.25) is 0 Å². The minimum absolute atomic E-state index is 0.498. The molecule has 0 fully saturated rings. The molecule has 0 unspecified atom stereocenters. The highest BCUT2D eigenvalue weighted by Crippen LogP contribution is 2.15. The molecule has 0 amide bonds. The molecule has 0 saturated carbocycles. The van der Waals surface area contributed by atoms with E-state index in [-0.39, 0.29) is 0 Å². The third kappa shape index (κ3) is 1.60. The van der Waals surface area contributed by atoms with Gasteiger partial charge in [-0.3, -0.25) is 0 Å². The van der Waals surface area contributed by atoms with E-state index in [1.807, 2.05) is 18.2 Å². The highest BCUT2D eigenvalue weighted by molar-refractivity contribution is 9.11. The molecule has 0 heterocycles. The SMILES string of the molecule is [2H]c1c(Br)cccc1Br. The van der Waals surface area contributed by atoms with E-state index >= 15 is 0 Å². The van der Waals surface area contributed by atoms with Gasteiger partial charge < -0.3 is 0 Å². The van der Waals surface area contributed by atoms with Crippen LogP contribution in [0.25, 0.3) is 0 Å². The second-order valence-corrected chi connectivity index (χ2v) is 3.06. The molecule has 1 rings (SSSR count). The van der Waals surface area contributed by atoms with Crippen molar-refractivity contribution in [2.45, 2.75) is 0 Å². The van der Waals surface area contributed by atoms with E-state index in [2.05, 4.69) is 31.9 Å². The Morgan fingerprint density at radius 1 is 1.25 bits per heavy atom. The van der Waals surface area contributed by atoms with Gasteiger partial charge in [0.25, 0.3) is 0 Å². The zero-order chi connectivity index (χ0) is 6.85. The molecule has 42 valence electrons. The van der Waals surface area contributed by atoms with Crippen LogP contribution in [0.5, 0.6) is 0 Å². The normalized spacial score (nSPS) is 11.0. The van der Waals surface area contributed by atoms with Gasteiger partial charge in [-0.25, -0.2) is 0 Å². The van der Waals surface area contributed by atoms with Crippen molar-refractivity contribution < 1.29 is 1.37 Å². The summed E-state index contributed by atoms with van der Waals surface area (Å²) in [4.78, 5) is 0. The van der Waals surface area contributed by atoms with Gasteiger partial charge in [0.05, 0.1) is 1.37 Å². The molecule has 0 radical (unpaired) electrons. The third-order valence-electron chi connectivity index (χ3n) is 0.724. The van der Waals surface area contributed by atoms with Crippen molar-refractivity contribution in [1.29, 1.82) is 0 Å². The van der Waals surface area contributed by atoms with Crippen molar-refractivity contribution in [2.75, 3.05) is 0 Å². The van der Waals surface area contributed by atoms with E-state index in [1.165, 1.54) is 0 Å². The minimum Gasteiger partial charge on any atom is -0.0600 e. The topological polar surface area (TPSA) is 0 Å². The second-order valence-electron chi connectivity index (χ2n) is 1.35. The van der Waals surface area contributed by atoms with Crippen LogP contribution in [0.1, 0.15) is 1.37 Å². The third-order valence-corrected chi connectivity index (χ3v) is 1.65. The van der Waals surface area contributed by atoms with E-state index in [4.69, 9.17) is 1.37 Å². The van der Waals surface area contributed by atoms with Gasteiger partial charge in [0, 0.05) is 8.95 Å². The predicted molar refractivity (Wildman–Crippen MR) is 41.8 cm³/mol. The Hall–Kier alpha value is 0.180. The van der Waals surface area contributed by atoms with Gasteiger partial charge in [0.1, 0.15) is 0 Å². The standard InChI is InChI=1S/C6H4Br2/c7-5-2-1-3-6(8)4-5/h1-4H/i4D. The number of hydrogen-bond donors (Lipinski definition) is 0. The molecule has 0 aliphatic carbocycles. The molecule has 0 nitrogen and oxygen atoms in total. The Bertz CT molecular complexity index is 202. The zero-order valence-corrected chi connectivity index (χ0v) is 7.16. The number of hydrogen-bond acceptors (Lipinski definition) is 0. The fourth-order valence-electron chi connectivity index (χ4n) is 0.414. The Labute approximate surface area is 66.6 Å². The van der Waals surface area contributed by atoms with E-state index in [1.54, 1.807) is 0 Å². The molecule has 0 bridgehead atoms. The molecule has 0 aliphatic rings. The van der Waals surface area contributed by atoms with Crippen LogP contribution in [0, 0.1) is 0 Å². The van der Waals surface area contributed by atoms with Gasteiger partial charge in [-0.2, -0.15) is 0 Å². The molecule has 0 aromatic heterocycles. The summed E-state index contributed by atoms with van der Waals surface area (Å²) in [7, 11) is 0. The molecule has 0 spiro atoms. The summed E-state index contributed by atoms with van der Waals surface area (Å²) in [5.41, 5.74) is 0. The van der Waals surface area contributed by atoms with Gasteiger partial charge in [-0.05, 0) is 18.2 Å². The van der Waals surface area contributed by atoms with Crippen molar-refractivity contribution in [1.82, 2.24) is 0 Å². The molecule has 0 aliphatic heterocycles. The molecule has 2 heteroatoms. The lowest BCUT2D eigenvalue weighted by molar-refractivity contribution is 1.60. The van der Waals surface area contributed by atoms with Gasteiger partial charge >= 0.3 is 0 Å². The minimum atomic E-state index is 0.498. The predicted octanol–water partition coefficient (Wildman–Crippen LogP) is 3.21. The number of rotatable bonds is 0. The maximum atomic E-state index is 7.35. The van der Waals surface area contributed by atoms with Crippen LogP contribution >= 0.6 is 31.9 Å². The summed E-state index contributed by atoms with van der Waals surface area (Å²) in [5.74, 6) is 0. The first-order chi connectivity index (χ1) is 4.22. The summed E-state index contributed by atoms with van der Waals surface area (Å²) in [6, 6.07) is 6.06. The Morgan fingerprint density at radius 2 is 1.75 bits per heavy atom. The van der Waals surface area contributed by atoms with Gasteiger partial charge in [0.15, 0.2) is 0 Å². The maximum absolute atomic E-state index is 7.35. The molecule has 0 atom stereocenters. The highest BCUT2D eigenvalue weighted by atomic mass is 79.9. The Balaban J connectivity index is 3.25. The summed E-state index contributed by atoms with van der Waals surface area (Å²) < 4.78 is 8.98. The quantitative estimate of drug-likeness (QED) is 0.649. The molecular formula is C6H4Br2. The van der Waals surface area contributed by atoms with E-state index in [0.717, 1.165) is 8.95 Å². The smallest absolute Gasteiger partial charge is 0.0600 e. The lowest BCUT2D eigenvalue weighted by atomic mass is 10.4. The first-order valence-electron chi connectivity index (χ1n) is 2.62. The van der Waals surface area contributed by atoms with Crippen LogP contribution in [-0.4, -0.2) is 0 Å². The van der Waals surface area contributed by atoms with Crippen LogP contribution in [0.3, 0.4) is 0 Å². The second kappa shape index (κ2) is 2.65. The maximum Gasteiger partial charge on any atom is 0.0647 e. The fraction of sp³-hybridized carbons (Fsp3) is 0. The van der Waals surface area contributed by atoms with E-state index in [0.29, 0.717) is 6.04 Å². The molecule has 1 aromatic rings. The van der Waals surface area contributed by atoms with E-state index in [9.17, 15) is 0 Å². The first kappa shape index (κ1) is 5.00. The van der Waals surface area contributed by atoms with Gasteiger partial charge in [-0.15, -0.1) is 0 Å². The van der Waals surface area contributed by atoms with Crippen LogP contribution in [-0.2, 0) is 0 Å². The summed E-state index contributed by atoms with van der Waals surface area (Å²) in [6.45, 7) is 0. The highest BCUT2D eigenvalue weighted by Gasteiger charge is 1.84. The van der Waals surface area contributed by atoms with Crippen LogP contribution in [0.4, 0.5) is 0 Å². The molecule has 0 saturated heterocycles. The van der Waals surface area contributed by atoms with Crippen LogP contribution < -0.4 is 0 Å². The summed E-state index contributed by atoms with van der Waals surface area (Å²) >= 11 is 6.46. The molecular weight excluding hydrogens is 232 g/mol. The van der Waals surface area contributed by atoms with Crippen molar-refractivity contribution in [3.63, 3.8) is 0 Å². The molecule has 1 aromatic carbocycles. The molecule has 8 heavy (non-hydrogen) atoms. The van der Waals surface area contributed by atoms with Crippen molar-refractivity contribution in [3.8, 4) is 0 Å². The number of benzene rings is 1. The van der Waals surface area contributed by atoms with Crippen molar-refractivity contribution in [2.24, 2.45) is 0 Å². The average molecular weight is 237 g/mol. The van der Waals surface area contributed by atoms with Crippen LogP contribution in [0.2, 0.25) is 0 Å². The van der Waals surface area contributed by atoms with Crippen molar-refractivity contribution in [3.05, 3.63) is 33.2 Å². The van der Waals surface area contributed by atoms with E-state index < -0.39 is 0 Å².